The number of carbonyl (C=O) groups is 2. The number of piperidine rings is 1. The quantitative estimate of drug-likeness (QED) is 0.922. The predicted molar refractivity (Wildman–Crippen MR) is 87.7 cm³/mol. The Labute approximate surface area is 136 Å². The van der Waals surface area contributed by atoms with E-state index in [0.717, 1.165) is 38.2 Å². The number of amides is 3. The molecule has 23 heavy (non-hydrogen) atoms. The molecule has 2 saturated heterocycles. The van der Waals surface area contributed by atoms with E-state index in [4.69, 9.17) is 4.74 Å². The molecular weight excluding hydrogens is 294 g/mol. The van der Waals surface area contributed by atoms with E-state index >= 15 is 0 Å². The summed E-state index contributed by atoms with van der Waals surface area (Å²) < 4.78 is 5.62. The van der Waals surface area contributed by atoms with E-state index in [-0.39, 0.29) is 18.0 Å². The van der Waals surface area contributed by atoms with Crippen LogP contribution in [-0.4, -0.2) is 55.7 Å². The highest BCUT2D eigenvalue weighted by atomic mass is 16.5. The Morgan fingerprint density at radius 2 is 1.91 bits per heavy atom. The van der Waals surface area contributed by atoms with E-state index in [1.54, 1.807) is 17.0 Å². The fourth-order valence-electron chi connectivity index (χ4n) is 3.15. The Hall–Kier alpha value is -2.08. The smallest absolute Gasteiger partial charge is 0.321 e. The van der Waals surface area contributed by atoms with Crippen LogP contribution in [0.3, 0.4) is 0 Å². The molecule has 3 rings (SSSR count). The van der Waals surface area contributed by atoms with Gasteiger partial charge in [-0.1, -0.05) is 0 Å². The van der Waals surface area contributed by atoms with Crippen molar-refractivity contribution in [2.45, 2.75) is 25.9 Å². The van der Waals surface area contributed by atoms with E-state index in [1.807, 2.05) is 24.0 Å². The maximum atomic E-state index is 12.6. The standard InChI is InChI=1S/C17H23N3O3/c1-2-23-15-7-10-19(11-8-15)16(21)13-3-5-14(6-4-13)20-12-9-18-17(20)22/h3-6,15H,2,7-12H2,1H3,(H,18,22). The number of likely N-dealkylation sites (tertiary alicyclic amines) is 1. The Balaban J connectivity index is 1.61. The Morgan fingerprint density at radius 1 is 1.22 bits per heavy atom. The molecule has 0 bridgehead atoms. The van der Waals surface area contributed by atoms with Gasteiger partial charge < -0.3 is 15.0 Å². The third kappa shape index (κ3) is 3.47. The molecule has 0 aromatic heterocycles. The fourth-order valence-corrected chi connectivity index (χ4v) is 3.15. The Bertz CT molecular complexity index is 565. The summed E-state index contributed by atoms with van der Waals surface area (Å²) in [5, 5.41) is 2.77. The fraction of sp³-hybridized carbons (Fsp3) is 0.529. The number of hydrogen-bond donors (Lipinski definition) is 1. The number of carbonyl (C=O) groups excluding carboxylic acids is 2. The second kappa shape index (κ2) is 7.00. The number of ether oxygens (including phenoxy) is 1. The first-order chi connectivity index (χ1) is 11.2. The van der Waals surface area contributed by atoms with Crippen molar-refractivity contribution < 1.29 is 14.3 Å². The average Bonchev–Trinajstić information content (AvgIpc) is 3.01. The van der Waals surface area contributed by atoms with Crippen LogP contribution in [0.4, 0.5) is 10.5 Å². The van der Waals surface area contributed by atoms with Gasteiger partial charge in [0.1, 0.15) is 0 Å². The first-order valence-corrected chi connectivity index (χ1v) is 8.25. The number of benzene rings is 1. The van der Waals surface area contributed by atoms with Crippen LogP contribution in [0.2, 0.25) is 0 Å². The SMILES string of the molecule is CCOC1CCN(C(=O)c2ccc(N3CCNC3=O)cc2)CC1. The summed E-state index contributed by atoms with van der Waals surface area (Å²) in [6.07, 6.45) is 2.07. The van der Waals surface area contributed by atoms with E-state index in [9.17, 15) is 9.59 Å². The van der Waals surface area contributed by atoms with Gasteiger partial charge in [0.2, 0.25) is 0 Å². The number of nitrogens with one attached hydrogen (secondary N) is 1. The van der Waals surface area contributed by atoms with Gasteiger partial charge in [-0.05, 0) is 44.0 Å². The predicted octanol–water partition coefficient (Wildman–Crippen LogP) is 1.86. The normalized spacial score (nSPS) is 19.1. The molecule has 0 aliphatic carbocycles. The van der Waals surface area contributed by atoms with Gasteiger partial charge in [-0.2, -0.15) is 0 Å². The minimum atomic E-state index is -0.0814. The molecule has 2 heterocycles. The molecule has 1 aromatic carbocycles. The Morgan fingerprint density at radius 3 is 2.48 bits per heavy atom. The van der Waals surface area contributed by atoms with Crippen molar-refractivity contribution in [3.63, 3.8) is 0 Å². The third-order valence-corrected chi connectivity index (χ3v) is 4.41. The van der Waals surface area contributed by atoms with Crippen molar-refractivity contribution in [1.82, 2.24) is 10.2 Å². The lowest BCUT2D eigenvalue weighted by atomic mass is 10.1. The second-order valence-corrected chi connectivity index (χ2v) is 5.88. The van der Waals surface area contributed by atoms with Gasteiger partial charge in [0.05, 0.1) is 6.10 Å². The van der Waals surface area contributed by atoms with Crippen LogP contribution in [0.5, 0.6) is 0 Å². The summed E-state index contributed by atoms with van der Waals surface area (Å²) in [6, 6.07) is 7.20. The van der Waals surface area contributed by atoms with E-state index < -0.39 is 0 Å². The molecule has 1 N–H and O–H groups in total. The highest BCUT2D eigenvalue weighted by Crippen LogP contribution is 2.20. The number of urea groups is 1. The molecule has 0 atom stereocenters. The van der Waals surface area contributed by atoms with Crippen molar-refractivity contribution in [3.05, 3.63) is 29.8 Å². The lowest BCUT2D eigenvalue weighted by Gasteiger charge is -2.31. The third-order valence-electron chi connectivity index (χ3n) is 4.41. The minimum Gasteiger partial charge on any atom is -0.378 e. The van der Waals surface area contributed by atoms with Gasteiger partial charge in [0.25, 0.3) is 5.91 Å². The monoisotopic (exact) mass is 317 g/mol. The summed E-state index contributed by atoms with van der Waals surface area (Å²) >= 11 is 0. The van der Waals surface area contributed by atoms with Crippen LogP contribution >= 0.6 is 0 Å². The zero-order valence-electron chi connectivity index (χ0n) is 13.5. The van der Waals surface area contributed by atoms with Crippen LogP contribution < -0.4 is 10.2 Å². The summed E-state index contributed by atoms with van der Waals surface area (Å²) in [5.41, 5.74) is 1.50. The van der Waals surface area contributed by atoms with Crippen LogP contribution in [0.25, 0.3) is 0 Å². The van der Waals surface area contributed by atoms with Crippen molar-refractivity contribution >= 4 is 17.6 Å². The summed E-state index contributed by atoms with van der Waals surface area (Å²) in [4.78, 5) is 27.8. The molecule has 2 aliphatic heterocycles. The van der Waals surface area contributed by atoms with E-state index in [2.05, 4.69) is 5.32 Å². The van der Waals surface area contributed by atoms with Gasteiger partial charge in [0.15, 0.2) is 0 Å². The Kier molecular flexibility index (Phi) is 4.81. The largest absolute Gasteiger partial charge is 0.378 e. The van der Waals surface area contributed by atoms with Crippen LogP contribution in [0.1, 0.15) is 30.1 Å². The summed E-state index contributed by atoms with van der Waals surface area (Å²) in [5.74, 6) is 0.0531. The van der Waals surface area contributed by atoms with Gasteiger partial charge in [0, 0.05) is 44.0 Å². The zero-order valence-corrected chi connectivity index (χ0v) is 13.5. The number of rotatable bonds is 4. The van der Waals surface area contributed by atoms with Gasteiger partial charge in [-0.15, -0.1) is 0 Å². The number of anilines is 1. The minimum absolute atomic E-state index is 0.0531. The van der Waals surface area contributed by atoms with Gasteiger partial charge in [-0.25, -0.2) is 4.79 Å². The molecule has 6 nitrogen and oxygen atoms in total. The maximum Gasteiger partial charge on any atom is 0.321 e. The zero-order chi connectivity index (χ0) is 16.2. The second-order valence-electron chi connectivity index (χ2n) is 5.88. The topological polar surface area (TPSA) is 61.9 Å². The molecular formula is C17H23N3O3. The van der Waals surface area contributed by atoms with E-state index in [0.29, 0.717) is 18.7 Å². The molecule has 2 aliphatic rings. The number of hydrogen-bond acceptors (Lipinski definition) is 3. The van der Waals surface area contributed by atoms with Crippen molar-refractivity contribution in [3.8, 4) is 0 Å². The first-order valence-electron chi connectivity index (χ1n) is 8.25. The van der Waals surface area contributed by atoms with Crippen LogP contribution in [0.15, 0.2) is 24.3 Å². The first kappa shape index (κ1) is 15.8. The van der Waals surface area contributed by atoms with Gasteiger partial charge in [-0.3, -0.25) is 9.69 Å². The van der Waals surface area contributed by atoms with E-state index in [1.165, 1.54) is 0 Å². The summed E-state index contributed by atoms with van der Waals surface area (Å²) in [6.45, 7) is 5.52. The molecule has 6 heteroatoms. The molecule has 3 amide bonds. The van der Waals surface area contributed by atoms with Gasteiger partial charge >= 0.3 is 6.03 Å². The van der Waals surface area contributed by atoms with Crippen molar-refractivity contribution in [2.75, 3.05) is 37.7 Å². The molecule has 124 valence electrons. The highest BCUT2D eigenvalue weighted by Gasteiger charge is 2.25. The lowest BCUT2D eigenvalue weighted by Crippen LogP contribution is -2.40. The molecule has 0 saturated carbocycles. The average molecular weight is 317 g/mol. The molecule has 0 radical (unpaired) electrons. The number of nitrogens with zero attached hydrogens (tertiary/aromatic N) is 2. The highest BCUT2D eigenvalue weighted by molar-refractivity contribution is 5.97. The van der Waals surface area contributed by atoms with Crippen LogP contribution in [-0.2, 0) is 4.74 Å². The lowest BCUT2D eigenvalue weighted by molar-refractivity contribution is 0.0146. The van der Waals surface area contributed by atoms with Crippen molar-refractivity contribution in [1.29, 1.82) is 0 Å². The van der Waals surface area contributed by atoms with Crippen molar-refractivity contribution in [2.24, 2.45) is 0 Å². The molecule has 0 unspecified atom stereocenters. The molecule has 2 fully saturated rings. The summed E-state index contributed by atoms with van der Waals surface area (Å²) in [7, 11) is 0. The molecule has 1 aromatic rings. The van der Waals surface area contributed by atoms with Crippen LogP contribution in [0, 0.1) is 0 Å². The maximum absolute atomic E-state index is 12.6. The molecule has 0 spiro atoms.